The lowest BCUT2D eigenvalue weighted by molar-refractivity contribution is 0.328. The average molecular weight is 374 g/mol. The first-order valence-electron chi connectivity index (χ1n) is 10.9. The first-order chi connectivity index (χ1) is 13.7. The molecule has 0 N–H and O–H groups in total. The van der Waals surface area contributed by atoms with E-state index in [1.165, 1.54) is 41.1 Å². The molecular weight excluding hydrogens is 342 g/mol. The topological polar surface area (TPSA) is 30.3 Å². The molecule has 1 aromatic rings. The summed E-state index contributed by atoms with van der Waals surface area (Å²) >= 11 is 0. The molecule has 1 saturated carbocycles. The Labute approximate surface area is 169 Å². The van der Waals surface area contributed by atoms with Crippen LogP contribution >= 0.6 is 0 Å². The minimum absolute atomic E-state index is 0.548. The van der Waals surface area contributed by atoms with Crippen LogP contribution in [0.5, 0.6) is 0 Å². The number of likely N-dealkylation sites (tertiary alicyclic amines) is 1. The third-order valence-electron chi connectivity index (χ3n) is 6.42. The molecule has 1 unspecified atom stereocenters. The van der Waals surface area contributed by atoms with E-state index >= 15 is 0 Å². The van der Waals surface area contributed by atoms with Gasteiger partial charge in [-0.25, -0.2) is 0 Å². The molecule has 0 amide bonds. The number of nitriles is 1. The number of hydrogen-bond donors (Lipinski definition) is 0. The van der Waals surface area contributed by atoms with Crippen LogP contribution < -0.4 is 4.90 Å². The van der Waals surface area contributed by atoms with Crippen molar-refractivity contribution in [3.05, 3.63) is 64.1 Å². The van der Waals surface area contributed by atoms with Gasteiger partial charge in [0.15, 0.2) is 0 Å². The van der Waals surface area contributed by atoms with Crippen molar-refractivity contribution in [3.63, 3.8) is 0 Å². The van der Waals surface area contributed by atoms with Crippen molar-refractivity contribution >= 4 is 5.69 Å². The van der Waals surface area contributed by atoms with E-state index in [9.17, 15) is 5.26 Å². The van der Waals surface area contributed by atoms with Gasteiger partial charge in [-0.05, 0) is 75.1 Å². The highest BCUT2D eigenvalue weighted by atomic mass is 15.4. The number of benzene rings is 1. The largest absolute Gasteiger partial charge is 0.355 e. The Bertz CT molecular complexity index is 897. The van der Waals surface area contributed by atoms with Gasteiger partial charge < -0.3 is 4.90 Å². The number of hydrogen-bond acceptors (Lipinski definition) is 3. The van der Waals surface area contributed by atoms with Crippen molar-refractivity contribution in [1.29, 1.82) is 5.26 Å². The summed E-state index contributed by atoms with van der Waals surface area (Å²) in [5.41, 5.74) is 7.21. The fourth-order valence-corrected chi connectivity index (χ4v) is 4.99. The molecule has 0 bridgehead atoms. The summed E-state index contributed by atoms with van der Waals surface area (Å²) in [6, 6.07) is 11.8. The molecule has 4 rings (SSSR count). The van der Waals surface area contributed by atoms with Gasteiger partial charge in [0, 0.05) is 12.6 Å². The second-order valence-electron chi connectivity index (χ2n) is 8.31. The Hall–Kier alpha value is -2.47. The number of para-hydroxylation sites is 1. The lowest BCUT2D eigenvalue weighted by Gasteiger charge is -2.42. The van der Waals surface area contributed by atoms with Crippen LogP contribution in [0.15, 0.2) is 58.6 Å². The first-order valence-corrected chi connectivity index (χ1v) is 10.9. The smallest absolute Gasteiger partial charge is 0.117 e. The zero-order chi connectivity index (χ0) is 19.7. The van der Waals surface area contributed by atoms with Crippen molar-refractivity contribution in [2.75, 3.05) is 11.4 Å². The van der Waals surface area contributed by atoms with Crippen molar-refractivity contribution in [1.82, 2.24) is 4.90 Å². The second kappa shape index (κ2) is 7.87. The van der Waals surface area contributed by atoms with Gasteiger partial charge >= 0.3 is 0 Å². The third-order valence-corrected chi connectivity index (χ3v) is 6.42. The van der Waals surface area contributed by atoms with Gasteiger partial charge in [0.05, 0.1) is 17.0 Å². The molecule has 1 aliphatic carbocycles. The first kappa shape index (κ1) is 18.9. The van der Waals surface area contributed by atoms with E-state index in [4.69, 9.17) is 0 Å². The van der Waals surface area contributed by atoms with E-state index < -0.39 is 0 Å². The Balaban J connectivity index is 1.99. The molecule has 1 saturated heterocycles. The fraction of sp³-hybridized carbons (Fsp3) is 0.480. The number of unbranched alkanes of at least 4 members (excludes halogenated alkanes) is 1. The minimum Gasteiger partial charge on any atom is -0.355 e. The van der Waals surface area contributed by atoms with E-state index in [1.54, 1.807) is 0 Å². The summed E-state index contributed by atoms with van der Waals surface area (Å²) < 4.78 is 0. The molecule has 0 aromatic heterocycles. The Kier molecular flexibility index (Phi) is 5.31. The summed E-state index contributed by atoms with van der Waals surface area (Å²) in [4.78, 5) is 5.04. The lowest BCUT2D eigenvalue weighted by Crippen LogP contribution is -2.40. The predicted octanol–water partition coefficient (Wildman–Crippen LogP) is 6.20. The second-order valence-corrected chi connectivity index (χ2v) is 8.31. The SMILES string of the molecule is CCC/C=C1\C(C#N)=C2CCCC2=C(N2CCCC2C)N1c1ccccc1C. The maximum atomic E-state index is 10.1. The summed E-state index contributed by atoms with van der Waals surface area (Å²) in [6.07, 6.45) is 10.2. The summed E-state index contributed by atoms with van der Waals surface area (Å²) in [5.74, 6) is 1.35. The van der Waals surface area contributed by atoms with E-state index in [-0.39, 0.29) is 0 Å². The van der Waals surface area contributed by atoms with Crippen molar-refractivity contribution in [3.8, 4) is 6.07 Å². The molecule has 0 radical (unpaired) electrons. The molecule has 146 valence electrons. The van der Waals surface area contributed by atoms with Gasteiger partial charge in [-0.15, -0.1) is 0 Å². The molecule has 3 aliphatic rings. The molecule has 3 nitrogen and oxygen atoms in total. The van der Waals surface area contributed by atoms with Crippen LogP contribution in [0.4, 0.5) is 5.69 Å². The van der Waals surface area contributed by atoms with Gasteiger partial charge in [0.25, 0.3) is 0 Å². The standard InChI is InChI=1S/C25H31N3/c1-4-5-14-24-22(17-26)20-12-8-13-21(20)25(27-16-9-11-19(27)3)28(24)23-15-7-6-10-18(23)2/h6-7,10,14-15,19H,4-5,8-9,11-13,16H2,1-3H3/b24-14+. The molecule has 1 atom stereocenters. The van der Waals surface area contributed by atoms with Gasteiger partial charge in [0.2, 0.25) is 0 Å². The van der Waals surface area contributed by atoms with Gasteiger partial charge in [-0.1, -0.05) is 37.6 Å². The highest BCUT2D eigenvalue weighted by Crippen LogP contribution is 2.48. The Morgan fingerprint density at radius 2 is 1.96 bits per heavy atom. The molecular formula is C25H31N3. The molecule has 1 aromatic carbocycles. The van der Waals surface area contributed by atoms with Crippen LogP contribution in [0, 0.1) is 18.3 Å². The van der Waals surface area contributed by atoms with Gasteiger partial charge in [-0.3, -0.25) is 4.90 Å². The maximum Gasteiger partial charge on any atom is 0.117 e. The number of fused-ring (bicyclic) bond motifs is 1. The lowest BCUT2D eigenvalue weighted by atomic mass is 9.93. The molecule has 2 heterocycles. The molecule has 3 heteroatoms. The van der Waals surface area contributed by atoms with E-state index in [0.29, 0.717) is 6.04 Å². The zero-order valence-electron chi connectivity index (χ0n) is 17.5. The minimum atomic E-state index is 0.548. The molecule has 0 spiro atoms. The van der Waals surface area contributed by atoms with E-state index in [0.717, 1.165) is 49.9 Å². The summed E-state index contributed by atoms with van der Waals surface area (Å²) in [5, 5.41) is 10.1. The molecule has 28 heavy (non-hydrogen) atoms. The average Bonchev–Trinajstić information content (AvgIpc) is 3.34. The van der Waals surface area contributed by atoms with Crippen molar-refractivity contribution in [2.45, 2.75) is 71.8 Å². The van der Waals surface area contributed by atoms with Crippen molar-refractivity contribution in [2.24, 2.45) is 0 Å². The Morgan fingerprint density at radius 1 is 1.18 bits per heavy atom. The summed E-state index contributed by atoms with van der Waals surface area (Å²) in [6.45, 7) is 7.85. The highest BCUT2D eigenvalue weighted by Gasteiger charge is 2.39. The van der Waals surface area contributed by atoms with Crippen molar-refractivity contribution < 1.29 is 0 Å². The van der Waals surface area contributed by atoms with Crippen LogP contribution in [0.1, 0.15) is 64.4 Å². The molecule has 2 fully saturated rings. The predicted molar refractivity (Wildman–Crippen MR) is 116 cm³/mol. The van der Waals surface area contributed by atoms with Crippen LogP contribution in [0.3, 0.4) is 0 Å². The highest BCUT2D eigenvalue weighted by molar-refractivity contribution is 5.74. The Morgan fingerprint density at radius 3 is 2.64 bits per heavy atom. The van der Waals surface area contributed by atoms with Crippen LogP contribution in [-0.2, 0) is 0 Å². The quantitative estimate of drug-likeness (QED) is 0.629. The monoisotopic (exact) mass is 373 g/mol. The van der Waals surface area contributed by atoms with Gasteiger partial charge in [0.1, 0.15) is 11.9 Å². The van der Waals surface area contributed by atoms with Crippen LogP contribution in [0.2, 0.25) is 0 Å². The number of nitrogens with zero attached hydrogens (tertiary/aromatic N) is 3. The van der Waals surface area contributed by atoms with Crippen LogP contribution in [0.25, 0.3) is 0 Å². The third kappa shape index (κ3) is 3.05. The number of rotatable bonds is 4. The molecule has 2 aliphatic heterocycles. The van der Waals surface area contributed by atoms with Gasteiger partial charge in [-0.2, -0.15) is 5.26 Å². The number of allylic oxidation sites excluding steroid dienone is 4. The number of anilines is 1. The maximum absolute atomic E-state index is 10.1. The van der Waals surface area contributed by atoms with E-state index in [2.05, 4.69) is 67.0 Å². The zero-order valence-corrected chi connectivity index (χ0v) is 17.5. The summed E-state index contributed by atoms with van der Waals surface area (Å²) in [7, 11) is 0. The van der Waals surface area contributed by atoms with E-state index in [1.807, 2.05) is 0 Å². The van der Waals surface area contributed by atoms with Crippen LogP contribution in [-0.4, -0.2) is 17.5 Å². The number of aryl methyl sites for hydroxylation is 1. The fourth-order valence-electron chi connectivity index (χ4n) is 4.99. The normalized spacial score (nSPS) is 23.6.